The van der Waals surface area contributed by atoms with E-state index >= 15 is 0 Å². The normalized spacial score (nSPS) is 20.0. The highest BCUT2D eigenvalue weighted by atomic mass is 16.5. The van der Waals surface area contributed by atoms with Crippen molar-refractivity contribution in [3.63, 3.8) is 0 Å². The van der Waals surface area contributed by atoms with Gasteiger partial charge in [0.2, 0.25) is 11.8 Å². The molecule has 1 aliphatic heterocycles. The van der Waals surface area contributed by atoms with Crippen LogP contribution in [0.1, 0.15) is 68.4 Å². The predicted octanol–water partition coefficient (Wildman–Crippen LogP) is 4.11. The lowest BCUT2D eigenvalue weighted by Crippen LogP contribution is -2.36. The van der Waals surface area contributed by atoms with E-state index in [9.17, 15) is 14.4 Å². The van der Waals surface area contributed by atoms with E-state index in [0.29, 0.717) is 13.0 Å². The van der Waals surface area contributed by atoms with Gasteiger partial charge in [0.1, 0.15) is 12.6 Å². The molecule has 5 rings (SSSR count). The summed E-state index contributed by atoms with van der Waals surface area (Å²) in [4.78, 5) is 37.0. The summed E-state index contributed by atoms with van der Waals surface area (Å²) in [5, 5.41) is 7.35. The number of rotatable bonds is 9. The number of amides is 1. The minimum atomic E-state index is -0.422. The molecule has 1 fully saturated rings. The van der Waals surface area contributed by atoms with Crippen LogP contribution in [-0.4, -0.2) is 47.6 Å². The van der Waals surface area contributed by atoms with Gasteiger partial charge in [0, 0.05) is 54.3 Å². The van der Waals surface area contributed by atoms with E-state index in [1.54, 1.807) is 0 Å². The van der Waals surface area contributed by atoms with Crippen molar-refractivity contribution in [3.8, 4) is 11.1 Å². The molecule has 1 aromatic heterocycles. The first-order valence-corrected chi connectivity index (χ1v) is 14.6. The van der Waals surface area contributed by atoms with Gasteiger partial charge >= 0.3 is 5.97 Å². The SMILES string of the molecule is CC1(C)CC(=O)n2c(c(-c3ccc(CN)c(NC4CCC(OC(=O)CNC(=O)CCN)CC4)c3)c3ccccc32)C1. The second-order valence-electron chi connectivity index (χ2n) is 12.1. The third-order valence-corrected chi connectivity index (χ3v) is 8.25. The first-order valence-electron chi connectivity index (χ1n) is 14.6. The molecule has 9 nitrogen and oxygen atoms in total. The van der Waals surface area contributed by atoms with Gasteiger partial charge in [0.15, 0.2) is 0 Å². The fourth-order valence-electron chi connectivity index (χ4n) is 6.28. The van der Waals surface area contributed by atoms with E-state index in [-0.39, 0.29) is 48.9 Å². The number of carbonyl (C=O) groups is 3. The summed E-state index contributed by atoms with van der Waals surface area (Å²) in [5.41, 5.74) is 17.6. The second-order valence-corrected chi connectivity index (χ2v) is 12.1. The maximum Gasteiger partial charge on any atom is 0.325 e. The highest BCUT2D eigenvalue weighted by molar-refractivity contribution is 6.05. The fourth-order valence-corrected chi connectivity index (χ4v) is 6.28. The zero-order valence-corrected chi connectivity index (χ0v) is 24.0. The Bertz CT molecular complexity index is 1450. The molecule has 218 valence electrons. The Labute approximate surface area is 241 Å². The molecule has 2 aromatic carbocycles. The molecule has 6 N–H and O–H groups in total. The van der Waals surface area contributed by atoms with Crippen molar-refractivity contribution < 1.29 is 19.1 Å². The lowest BCUT2D eigenvalue weighted by atomic mass is 9.80. The average molecular weight is 560 g/mol. The molecule has 3 aromatic rings. The van der Waals surface area contributed by atoms with Crippen LogP contribution in [0.25, 0.3) is 22.0 Å². The van der Waals surface area contributed by atoms with E-state index in [2.05, 4.69) is 48.7 Å². The van der Waals surface area contributed by atoms with E-state index in [0.717, 1.165) is 71.1 Å². The first-order chi connectivity index (χ1) is 19.7. The average Bonchev–Trinajstić information content (AvgIpc) is 3.26. The molecular formula is C32H41N5O4. The first kappa shape index (κ1) is 28.8. The third-order valence-electron chi connectivity index (χ3n) is 8.25. The number of anilines is 1. The molecule has 1 saturated carbocycles. The Balaban J connectivity index is 1.32. The number of fused-ring (bicyclic) bond motifs is 3. The molecule has 41 heavy (non-hydrogen) atoms. The van der Waals surface area contributed by atoms with Crippen LogP contribution in [0, 0.1) is 5.41 Å². The summed E-state index contributed by atoms with van der Waals surface area (Å²) in [7, 11) is 0. The number of para-hydroxylation sites is 1. The number of hydrogen-bond acceptors (Lipinski definition) is 7. The van der Waals surface area contributed by atoms with E-state index in [1.807, 2.05) is 22.8 Å². The number of ether oxygens (including phenoxy) is 1. The van der Waals surface area contributed by atoms with Crippen molar-refractivity contribution in [3.05, 3.63) is 53.7 Å². The Morgan fingerprint density at radius 1 is 1.05 bits per heavy atom. The summed E-state index contributed by atoms with van der Waals surface area (Å²) >= 11 is 0. The number of carbonyl (C=O) groups excluding carboxylic acids is 3. The van der Waals surface area contributed by atoms with Crippen LogP contribution in [0.3, 0.4) is 0 Å². The maximum absolute atomic E-state index is 13.3. The largest absolute Gasteiger partial charge is 0.461 e. The molecule has 0 spiro atoms. The van der Waals surface area contributed by atoms with Gasteiger partial charge in [0.25, 0.3) is 0 Å². The van der Waals surface area contributed by atoms with Gasteiger partial charge in [-0.3, -0.25) is 19.0 Å². The van der Waals surface area contributed by atoms with E-state index in [1.165, 1.54) is 0 Å². The summed E-state index contributed by atoms with van der Waals surface area (Å²) in [6.07, 6.45) is 4.56. The molecule has 1 amide bonds. The summed E-state index contributed by atoms with van der Waals surface area (Å²) in [6.45, 7) is 4.84. The van der Waals surface area contributed by atoms with Crippen LogP contribution in [0.4, 0.5) is 5.69 Å². The van der Waals surface area contributed by atoms with Crippen LogP contribution in [0.5, 0.6) is 0 Å². The van der Waals surface area contributed by atoms with Crippen LogP contribution < -0.4 is 22.1 Å². The number of nitrogens with one attached hydrogen (secondary N) is 2. The topological polar surface area (TPSA) is 141 Å². The van der Waals surface area contributed by atoms with Crippen LogP contribution >= 0.6 is 0 Å². The zero-order chi connectivity index (χ0) is 29.1. The second kappa shape index (κ2) is 12.0. The van der Waals surface area contributed by atoms with Crippen molar-refractivity contribution in [1.29, 1.82) is 0 Å². The molecule has 2 aliphatic rings. The van der Waals surface area contributed by atoms with E-state index in [4.69, 9.17) is 16.2 Å². The number of benzene rings is 2. The Morgan fingerprint density at radius 3 is 2.54 bits per heavy atom. The molecular weight excluding hydrogens is 518 g/mol. The monoisotopic (exact) mass is 559 g/mol. The lowest BCUT2D eigenvalue weighted by Gasteiger charge is -2.31. The van der Waals surface area contributed by atoms with E-state index < -0.39 is 5.97 Å². The third kappa shape index (κ3) is 6.31. The number of esters is 1. The molecule has 0 unspecified atom stereocenters. The molecule has 0 atom stereocenters. The van der Waals surface area contributed by atoms with Crippen LogP contribution in [-0.2, 0) is 27.3 Å². The smallest absolute Gasteiger partial charge is 0.325 e. The van der Waals surface area contributed by atoms with Crippen LogP contribution in [0.15, 0.2) is 42.5 Å². The van der Waals surface area contributed by atoms with Crippen LogP contribution in [0.2, 0.25) is 0 Å². The van der Waals surface area contributed by atoms with Gasteiger partial charge in [-0.25, -0.2) is 0 Å². The van der Waals surface area contributed by atoms with Gasteiger partial charge in [-0.1, -0.05) is 44.2 Å². The summed E-state index contributed by atoms with van der Waals surface area (Å²) in [6, 6.07) is 14.7. The van der Waals surface area contributed by atoms with Gasteiger partial charge < -0.3 is 26.8 Å². The molecule has 2 heterocycles. The summed E-state index contributed by atoms with van der Waals surface area (Å²) in [5.74, 6) is -0.528. The Kier molecular flexibility index (Phi) is 8.47. The van der Waals surface area contributed by atoms with Gasteiger partial charge in [-0.15, -0.1) is 0 Å². The van der Waals surface area contributed by atoms with Crippen molar-refractivity contribution in [2.45, 2.75) is 77.5 Å². The molecule has 0 radical (unpaired) electrons. The van der Waals surface area contributed by atoms with Gasteiger partial charge in [-0.2, -0.15) is 0 Å². The molecule has 0 saturated heterocycles. The molecule has 1 aliphatic carbocycles. The van der Waals surface area contributed by atoms with Crippen molar-refractivity contribution >= 4 is 34.4 Å². The molecule has 0 bridgehead atoms. The number of nitrogens with zero attached hydrogens (tertiary/aromatic N) is 1. The number of nitrogens with two attached hydrogens (primary N) is 2. The van der Waals surface area contributed by atoms with Crippen molar-refractivity contribution in [1.82, 2.24) is 9.88 Å². The quantitative estimate of drug-likeness (QED) is 0.289. The van der Waals surface area contributed by atoms with Gasteiger partial charge in [-0.05, 0) is 60.8 Å². The maximum atomic E-state index is 13.3. The number of hydrogen-bond donors (Lipinski definition) is 4. The predicted molar refractivity (Wildman–Crippen MR) is 160 cm³/mol. The minimum absolute atomic E-state index is 0.105. The standard InChI is InChI=1S/C32H41N5O4/c1-32(2)16-27-31(24-5-3-4-6-26(24)37(27)29(39)17-32)20-7-8-21(18-34)25(15-20)36-22-9-11-23(12-10-22)41-30(40)19-35-28(38)13-14-33/h3-8,15,22-23,36H,9-14,16-19,33-34H2,1-2H3,(H,35,38). The lowest BCUT2D eigenvalue weighted by molar-refractivity contribution is -0.150. The highest BCUT2D eigenvalue weighted by Gasteiger charge is 2.35. The van der Waals surface area contributed by atoms with Gasteiger partial charge in [0.05, 0.1) is 5.52 Å². The Hall–Kier alpha value is -3.69. The van der Waals surface area contributed by atoms with Crippen molar-refractivity contribution in [2.75, 3.05) is 18.4 Å². The Morgan fingerprint density at radius 2 is 1.80 bits per heavy atom. The molecule has 9 heteroatoms. The summed E-state index contributed by atoms with van der Waals surface area (Å²) < 4.78 is 7.51. The van der Waals surface area contributed by atoms with Crippen molar-refractivity contribution in [2.24, 2.45) is 16.9 Å². The minimum Gasteiger partial charge on any atom is -0.461 e. The highest BCUT2D eigenvalue weighted by Crippen LogP contribution is 2.43. The fraction of sp³-hybridized carbons (Fsp3) is 0.469. The zero-order valence-electron chi connectivity index (χ0n) is 24.0. The number of aromatic nitrogens is 1.